The molecule has 1 atom stereocenters. The van der Waals surface area contributed by atoms with Crippen LogP contribution in [0.2, 0.25) is 0 Å². The summed E-state index contributed by atoms with van der Waals surface area (Å²) < 4.78 is 5.20. The summed E-state index contributed by atoms with van der Waals surface area (Å²) in [5.74, 6) is 2.50. The van der Waals surface area contributed by atoms with Gasteiger partial charge in [-0.2, -0.15) is 0 Å². The van der Waals surface area contributed by atoms with Crippen molar-refractivity contribution in [2.75, 3.05) is 33.3 Å². The molecule has 148 valence electrons. The molecule has 2 rings (SSSR count). The molecule has 0 unspecified atom stereocenters. The van der Waals surface area contributed by atoms with Crippen LogP contribution in [0.15, 0.2) is 29.3 Å². The number of hydrogen-bond donors (Lipinski definition) is 2. The third-order valence-electron chi connectivity index (χ3n) is 4.53. The van der Waals surface area contributed by atoms with E-state index in [1.54, 1.807) is 7.11 Å². The lowest BCUT2D eigenvalue weighted by Crippen LogP contribution is -2.45. The molecule has 0 saturated carbocycles. The van der Waals surface area contributed by atoms with Gasteiger partial charge in [0.25, 0.3) is 0 Å². The fraction of sp³-hybridized carbons (Fsp3) is 0.650. The maximum absolute atomic E-state index is 5.20. The number of methoxy groups -OCH3 is 1. The van der Waals surface area contributed by atoms with Crippen LogP contribution in [0.25, 0.3) is 0 Å². The van der Waals surface area contributed by atoms with Gasteiger partial charge in [-0.1, -0.05) is 26.0 Å². The van der Waals surface area contributed by atoms with E-state index in [9.17, 15) is 0 Å². The Morgan fingerprint density at radius 3 is 2.62 bits per heavy atom. The van der Waals surface area contributed by atoms with Gasteiger partial charge in [0.05, 0.1) is 13.7 Å². The number of hydrogen-bond acceptors (Lipinski definition) is 3. The lowest BCUT2D eigenvalue weighted by molar-refractivity contribution is 0.226. The molecular formula is C20H35IN4O. The largest absolute Gasteiger partial charge is 0.497 e. The smallest absolute Gasteiger partial charge is 0.191 e. The molecule has 1 fully saturated rings. The second-order valence-corrected chi connectivity index (χ2v) is 7.11. The molecule has 6 heteroatoms. The maximum atomic E-state index is 5.20. The normalized spacial score (nSPS) is 17.9. The molecule has 1 aliphatic heterocycles. The van der Waals surface area contributed by atoms with Crippen molar-refractivity contribution in [3.8, 4) is 5.75 Å². The highest BCUT2D eigenvalue weighted by Gasteiger charge is 2.24. The Morgan fingerprint density at radius 1 is 1.27 bits per heavy atom. The van der Waals surface area contributed by atoms with E-state index in [0.29, 0.717) is 12.6 Å². The summed E-state index contributed by atoms with van der Waals surface area (Å²) in [6, 6.07) is 8.70. The monoisotopic (exact) mass is 474 g/mol. The molecule has 0 radical (unpaired) electrons. The fourth-order valence-corrected chi connectivity index (χ4v) is 3.29. The number of ether oxygens (including phenoxy) is 1. The Hall–Kier alpha value is -1.02. The van der Waals surface area contributed by atoms with E-state index in [0.717, 1.165) is 30.7 Å². The summed E-state index contributed by atoms with van der Waals surface area (Å²) in [5.41, 5.74) is 1.18. The number of benzene rings is 1. The molecule has 0 bridgehead atoms. The summed E-state index contributed by atoms with van der Waals surface area (Å²) in [7, 11) is 1.69. The molecule has 0 amide bonds. The molecule has 1 saturated heterocycles. The zero-order chi connectivity index (χ0) is 18.1. The van der Waals surface area contributed by atoms with Gasteiger partial charge in [0.15, 0.2) is 5.96 Å². The Bertz CT molecular complexity index is 533. The first kappa shape index (κ1) is 23.0. The van der Waals surface area contributed by atoms with E-state index >= 15 is 0 Å². The maximum Gasteiger partial charge on any atom is 0.191 e. The number of likely N-dealkylation sites (tertiary alicyclic amines) is 1. The lowest BCUT2D eigenvalue weighted by Gasteiger charge is -2.27. The minimum absolute atomic E-state index is 0. The number of nitrogens with one attached hydrogen (secondary N) is 2. The van der Waals surface area contributed by atoms with Crippen LogP contribution in [0.1, 0.15) is 39.2 Å². The average molecular weight is 474 g/mol. The van der Waals surface area contributed by atoms with Gasteiger partial charge in [-0.15, -0.1) is 24.0 Å². The van der Waals surface area contributed by atoms with Crippen LogP contribution in [0, 0.1) is 5.92 Å². The quantitative estimate of drug-likeness (QED) is 0.344. The van der Waals surface area contributed by atoms with Crippen molar-refractivity contribution in [2.24, 2.45) is 10.9 Å². The highest BCUT2D eigenvalue weighted by molar-refractivity contribution is 14.0. The van der Waals surface area contributed by atoms with Gasteiger partial charge in [0, 0.05) is 25.7 Å². The van der Waals surface area contributed by atoms with Crippen LogP contribution in [0.5, 0.6) is 5.75 Å². The van der Waals surface area contributed by atoms with Crippen molar-refractivity contribution in [3.05, 3.63) is 29.8 Å². The molecule has 0 spiro atoms. The standard InChI is InChI=1S/C20H34N4O.HI/c1-5-21-20(22-13-17-8-10-19(25-4)11-9-17)23-14-18-7-6-12-24(18)15-16(2)3;/h8-11,16,18H,5-7,12-15H2,1-4H3,(H2,21,22,23);1H/t18-;/m1./s1. The van der Waals surface area contributed by atoms with Crippen LogP contribution in [0.4, 0.5) is 0 Å². The third kappa shape index (κ3) is 7.70. The van der Waals surface area contributed by atoms with Crippen molar-refractivity contribution < 1.29 is 4.74 Å². The van der Waals surface area contributed by atoms with Crippen molar-refractivity contribution in [3.63, 3.8) is 0 Å². The lowest BCUT2D eigenvalue weighted by atomic mass is 10.1. The SMILES string of the molecule is CCNC(=NCc1ccc(OC)cc1)NC[C@H]1CCCN1CC(C)C.I. The summed E-state index contributed by atoms with van der Waals surface area (Å²) in [5, 5.41) is 6.88. The molecule has 0 aliphatic carbocycles. The van der Waals surface area contributed by atoms with Gasteiger partial charge in [0.2, 0.25) is 0 Å². The number of aliphatic imine (C=N–C) groups is 1. The van der Waals surface area contributed by atoms with Gasteiger partial charge >= 0.3 is 0 Å². The molecule has 1 aliphatic rings. The predicted octanol–water partition coefficient (Wildman–Crippen LogP) is 3.49. The zero-order valence-corrected chi connectivity index (χ0v) is 19.0. The molecule has 26 heavy (non-hydrogen) atoms. The first-order valence-electron chi connectivity index (χ1n) is 9.51. The van der Waals surface area contributed by atoms with Crippen molar-refractivity contribution in [1.82, 2.24) is 15.5 Å². The Kier molecular flexibility index (Phi) is 11.0. The molecule has 5 nitrogen and oxygen atoms in total. The van der Waals surface area contributed by atoms with Crippen molar-refractivity contribution in [1.29, 1.82) is 0 Å². The number of halogens is 1. The topological polar surface area (TPSA) is 48.9 Å². The first-order chi connectivity index (χ1) is 12.1. The molecule has 2 N–H and O–H groups in total. The Morgan fingerprint density at radius 2 is 2.00 bits per heavy atom. The van der Waals surface area contributed by atoms with E-state index in [1.165, 1.54) is 31.5 Å². The van der Waals surface area contributed by atoms with E-state index in [4.69, 9.17) is 9.73 Å². The Balaban J connectivity index is 0.00000338. The van der Waals surface area contributed by atoms with Gasteiger partial charge in [-0.25, -0.2) is 4.99 Å². The minimum Gasteiger partial charge on any atom is -0.497 e. The molecular weight excluding hydrogens is 439 g/mol. The van der Waals surface area contributed by atoms with Gasteiger partial charge in [-0.3, -0.25) is 4.90 Å². The summed E-state index contributed by atoms with van der Waals surface area (Å²) in [4.78, 5) is 7.34. The van der Waals surface area contributed by atoms with Gasteiger partial charge in [-0.05, 0) is 49.9 Å². The minimum atomic E-state index is 0. The van der Waals surface area contributed by atoms with Gasteiger partial charge in [0.1, 0.15) is 5.75 Å². The summed E-state index contributed by atoms with van der Waals surface area (Å²) in [6.45, 7) is 11.6. The fourth-order valence-electron chi connectivity index (χ4n) is 3.29. The predicted molar refractivity (Wildman–Crippen MR) is 121 cm³/mol. The average Bonchev–Trinajstić information content (AvgIpc) is 3.04. The third-order valence-corrected chi connectivity index (χ3v) is 4.53. The number of rotatable bonds is 8. The second-order valence-electron chi connectivity index (χ2n) is 7.11. The van der Waals surface area contributed by atoms with Crippen LogP contribution >= 0.6 is 24.0 Å². The van der Waals surface area contributed by atoms with Crippen molar-refractivity contribution in [2.45, 2.75) is 46.2 Å². The van der Waals surface area contributed by atoms with Crippen LogP contribution in [0.3, 0.4) is 0 Å². The van der Waals surface area contributed by atoms with E-state index in [-0.39, 0.29) is 24.0 Å². The van der Waals surface area contributed by atoms with E-state index in [2.05, 4.69) is 48.4 Å². The molecule has 1 aromatic rings. The summed E-state index contributed by atoms with van der Waals surface area (Å²) >= 11 is 0. The zero-order valence-electron chi connectivity index (χ0n) is 16.6. The van der Waals surface area contributed by atoms with Crippen LogP contribution in [-0.2, 0) is 6.54 Å². The van der Waals surface area contributed by atoms with E-state index < -0.39 is 0 Å². The highest BCUT2D eigenvalue weighted by Crippen LogP contribution is 2.18. The van der Waals surface area contributed by atoms with Crippen molar-refractivity contribution >= 4 is 29.9 Å². The number of guanidine groups is 1. The highest BCUT2D eigenvalue weighted by atomic mass is 127. The summed E-state index contributed by atoms with van der Waals surface area (Å²) in [6.07, 6.45) is 2.58. The second kappa shape index (κ2) is 12.4. The molecule has 1 aromatic carbocycles. The number of nitrogens with zero attached hydrogens (tertiary/aromatic N) is 2. The molecule has 1 heterocycles. The first-order valence-corrected chi connectivity index (χ1v) is 9.51. The Labute approximate surface area is 176 Å². The van der Waals surface area contributed by atoms with E-state index in [1.807, 2.05) is 12.1 Å². The molecule has 0 aromatic heterocycles. The van der Waals surface area contributed by atoms with Crippen LogP contribution in [-0.4, -0.2) is 50.2 Å². The van der Waals surface area contributed by atoms with Crippen LogP contribution < -0.4 is 15.4 Å². The van der Waals surface area contributed by atoms with Gasteiger partial charge < -0.3 is 15.4 Å².